The van der Waals surface area contributed by atoms with Gasteiger partial charge in [-0.2, -0.15) is 0 Å². The highest BCUT2D eigenvalue weighted by Crippen LogP contribution is 2.15. The van der Waals surface area contributed by atoms with Gasteiger partial charge < -0.3 is 9.94 Å². The lowest BCUT2D eigenvalue weighted by atomic mass is 10.2. The molecule has 76 valence electrons. The molecule has 15 heavy (non-hydrogen) atoms. The van der Waals surface area contributed by atoms with Crippen LogP contribution in [0.4, 0.5) is 5.69 Å². The molecule has 0 aliphatic heterocycles. The molecule has 0 bridgehead atoms. The highest BCUT2D eigenvalue weighted by atomic mass is 16.6. The second-order valence-electron chi connectivity index (χ2n) is 2.95. The predicted octanol–water partition coefficient (Wildman–Crippen LogP) is 1.26. The third-order valence-electron chi connectivity index (χ3n) is 2.05. The molecule has 2 rings (SSSR count). The smallest absolute Gasteiger partial charge is 0.334 e. The molecule has 6 heteroatoms. The maximum absolute atomic E-state index is 11.4. The lowest BCUT2D eigenvalue weighted by molar-refractivity contribution is -0.386. The first-order valence-corrected chi connectivity index (χ1v) is 4.08. The van der Waals surface area contributed by atoms with Crippen molar-refractivity contribution in [1.29, 1.82) is 0 Å². The maximum atomic E-state index is 11.4. The quantitative estimate of drug-likeness (QED) is 0.517. The number of benzene rings is 1. The van der Waals surface area contributed by atoms with Crippen molar-refractivity contribution in [2.75, 3.05) is 0 Å². The van der Waals surface area contributed by atoms with E-state index in [0.717, 1.165) is 6.07 Å². The van der Waals surface area contributed by atoms with E-state index in [1.165, 1.54) is 12.1 Å². The lowest BCUT2D eigenvalue weighted by Gasteiger charge is -2.12. The van der Waals surface area contributed by atoms with Crippen LogP contribution in [0.1, 0.15) is 0 Å². The Morgan fingerprint density at radius 2 is 1.93 bits per heavy atom. The van der Waals surface area contributed by atoms with Crippen molar-refractivity contribution in [3.05, 3.63) is 56.0 Å². The average Bonchev–Trinajstić information content (AvgIpc) is 2.23. The van der Waals surface area contributed by atoms with Gasteiger partial charge in [-0.05, 0) is 6.07 Å². The minimum Gasteiger partial charge on any atom is -0.803 e. The summed E-state index contributed by atoms with van der Waals surface area (Å²) in [5.41, 5.74) is -1.71. The minimum atomic E-state index is -1.14. The fraction of sp³-hybridized carbons (Fsp3) is 0. The molecule has 1 heterocycles. The van der Waals surface area contributed by atoms with E-state index in [-0.39, 0.29) is 10.2 Å². The molecule has 0 atom stereocenters. The molecule has 0 aliphatic rings. The molecule has 0 aliphatic carbocycles. The van der Waals surface area contributed by atoms with E-state index < -0.39 is 16.2 Å². The van der Waals surface area contributed by atoms with Gasteiger partial charge in [-0.1, -0.05) is 18.2 Å². The van der Waals surface area contributed by atoms with Crippen molar-refractivity contribution in [2.24, 2.45) is 0 Å². The van der Waals surface area contributed by atoms with Crippen molar-refractivity contribution < 1.29 is 4.92 Å². The van der Waals surface area contributed by atoms with Crippen molar-refractivity contribution in [3.63, 3.8) is 0 Å². The van der Waals surface area contributed by atoms with Gasteiger partial charge in [0.15, 0.2) is 0 Å². The standard InChI is InChI=1S/C9H5N2O4/c12-9-8(11(14)15)5-6-3-1-2-4-7(6)10(9)13/h1-5H/q-1. The first kappa shape index (κ1) is 9.20. The van der Waals surface area contributed by atoms with Gasteiger partial charge in [0.25, 0.3) is 0 Å². The number of nitro groups is 1. The van der Waals surface area contributed by atoms with Crippen LogP contribution in [0.15, 0.2) is 35.1 Å². The Balaban J connectivity index is 2.95. The Labute approximate surface area is 83.1 Å². The minimum absolute atomic E-state index is 0.0352. The Hall–Kier alpha value is -2.37. The van der Waals surface area contributed by atoms with E-state index in [4.69, 9.17) is 0 Å². The molecule has 6 nitrogen and oxygen atoms in total. The van der Waals surface area contributed by atoms with Crippen LogP contribution in [0, 0.1) is 15.3 Å². The summed E-state index contributed by atoms with van der Waals surface area (Å²) in [5, 5.41) is 22.2. The molecule has 0 unspecified atom stereocenters. The number of rotatable bonds is 1. The average molecular weight is 205 g/mol. The topological polar surface area (TPSA) is 88.2 Å². The summed E-state index contributed by atoms with van der Waals surface area (Å²) in [4.78, 5) is 20.8. The zero-order valence-electron chi connectivity index (χ0n) is 7.41. The largest absolute Gasteiger partial charge is 0.803 e. The first-order chi connectivity index (χ1) is 7.11. The zero-order chi connectivity index (χ0) is 11.0. The van der Waals surface area contributed by atoms with Gasteiger partial charge >= 0.3 is 11.2 Å². The van der Waals surface area contributed by atoms with Crippen LogP contribution in [-0.4, -0.2) is 9.65 Å². The van der Waals surface area contributed by atoms with Crippen LogP contribution in [0.5, 0.6) is 0 Å². The summed E-state index contributed by atoms with van der Waals surface area (Å²) in [6.45, 7) is 0. The molecular weight excluding hydrogens is 200 g/mol. The van der Waals surface area contributed by atoms with Crippen LogP contribution in [0.3, 0.4) is 0 Å². The number of fused-ring (bicyclic) bond motifs is 1. The molecule has 1 aromatic carbocycles. The molecular formula is C9H5N2O4-. The number of aromatic nitrogens is 1. The summed E-state index contributed by atoms with van der Waals surface area (Å²) in [5.74, 6) is 0. The normalized spacial score (nSPS) is 10.4. The number of hydrogen-bond donors (Lipinski definition) is 0. The molecule has 0 amide bonds. The van der Waals surface area contributed by atoms with Crippen LogP contribution >= 0.6 is 0 Å². The van der Waals surface area contributed by atoms with E-state index >= 15 is 0 Å². The van der Waals surface area contributed by atoms with E-state index in [2.05, 4.69) is 0 Å². The van der Waals surface area contributed by atoms with E-state index in [1.54, 1.807) is 12.1 Å². The Bertz CT molecular complexity index is 603. The number of nitrogens with zero attached hydrogens (tertiary/aromatic N) is 2. The summed E-state index contributed by atoms with van der Waals surface area (Å²) in [6.07, 6.45) is 0. The van der Waals surface area contributed by atoms with Crippen LogP contribution in [0.2, 0.25) is 0 Å². The monoisotopic (exact) mass is 205 g/mol. The van der Waals surface area contributed by atoms with Gasteiger partial charge in [-0.15, -0.1) is 0 Å². The number of para-hydroxylation sites is 1. The number of pyridine rings is 1. The summed E-state index contributed by atoms with van der Waals surface area (Å²) in [6, 6.07) is 7.30. The summed E-state index contributed by atoms with van der Waals surface area (Å²) >= 11 is 0. The van der Waals surface area contributed by atoms with E-state index in [1.807, 2.05) is 0 Å². The van der Waals surface area contributed by atoms with Crippen molar-refractivity contribution in [1.82, 2.24) is 4.73 Å². The molecule has 0 saturated carbocycles. The molecule has 0 spiro atoms. The Morgan fingerprint density at radius 1 is 1.27 bits per heavy atom. The Kier molecular flexibility index (Phi) is 1.89. The highest BCUT2D eigenvalue weighted by Gasteiger charge is 2.13. The van der Waals surface area contributed by atoms with Gasteiger partial charge in [0.05, 0.1) is 4.92 Å². The zero-order valence-corrected chi connectivity index (χ0v) is 7.41. The van der Waals surface area contributed by atoms with Crippen LogP contribution in [-0.2, 0) is 0 Å². The summed E-state index contributed by atoms with van der Waals surface area (Å²) < 4.78 is 0.0352. The van der Waals surface area contributed by atoms with Crippen LogP contribution in [0.25, 0.3) is 10.9 Å². The molecule has 0 saturated heterocycles. The van der Waals surface area contributed by atoms with Gasteiger partial charge in [-0.25, -0.2) is 0 Å². The molecule has 0 radical (unpaired) electrons. The first-order valence-electron chi connectivity index (χ1n) is 4.08. The van der Waals surface area contributed by atoms with E-state index in [9.17, 15) is 20.1 Å². The van der Waals surface area contributed by atoms with Gasteiger partial charge in [0.1, 0.15) is 0 Å². The second-order valence-corrected chi connectivity index (χ2v) is 2.95. The van der Waals surface area contributed by atoms with Crippen molar-refractivity contribution >= 4 is 16.6 Å². The maximum Gasteiger partial charge on any atom is 0.334 e. The van der Waals surface area contributed by atoms with Gasteiger partial charge in [0, 0.05) is 17.0 Å². The van der Waals surface area contributed by atoms with Crippen LogP contribution < -0.4 is 5.56 Å². The predicted molar refractivity (Wildman–Crippen MR) is 53.6 cm³/mol. The fourth-order valence-corrected chi connectivity index (χ4v) is 1.35. The fourth-order valence-electron chi connectivity index (χ4n) is 1.35. The SMILES string of the molecule is O=c1c([N+](=O)[O-])cc2ccccc2n1[O-]. The second kappa shape index (κ2) is 3.09. The molecule has 0 fully saturated rings. The summed E-state index contributed by atoms with van der Waals surface area (Å²) in [7, 11) is 0. The van der Waals surface area contributed by atoms with Gasteiger partial charge in [-0.3, -0.25) is 14.9 Å². The Morgan fingerprint density at radius 3 is 2.60 bits per heavy atom. The van der Waals surface area contributed by atoms with E-state index in [0.29, 0.717) is 5.39 Å². The lowest BCUT2D eigenvalue weighted by Crippen LogP contribution is -2.18. The third kappa shape index (κ3) is 1.32. The van der Waals surface area contributed by atoms with Crippen molar-refractivity contribution in [2.45, 2.75) is 0 Å². The van der Waals surface area contributed by atoms with Crippen molar-refractivity contribution in [3.8, 4) is 0 Å². The highest BCUT2D eigenvalue weighted by molar-refractivity contribution is 5.81. The van der Waals surface area contributed by atoms with Gasteiger partial charge in [0.2, 0.25) is 0 Å². The molecule has 0 N–H and O–H groups in total. The number of hydrogen-bond acceptors (Lipinski definition) is 4. The molecule has 2 aromatic rings. The molecule has 1 aromatic heterocycles. The third-order valence-corrected chi connectivity index (χ3v) is 2.05.